The minimum atomic E-state index is 0.625. The van der Waals surface area contributed by atoms with Crippen LogP contribution in [0.5, 0.6) is 5.75 Å². The highest BCUT2D eigenvalue weighted by atomic mass is 35.5. The van der Waals surface area contributed by atoms with E-state index in [-0.39, 0.29) is 0 Å². The summed E-state index contributed by atoms with van der Waals surface area (Å²) in [6.45, 7) is 2.18. The van der Waals surface area contributed by atoms with E-state index in [1.165, 1.54) is 25.8 Å². The van der Waals surface area contributed by atoms with Crippen LogP contribution < -0.4 is 10.1 Å². The number of benzene rings is 1. The molecule has 3 nitrogen and oxygen atoms in total. The third kappa shape index (κ3) is 3.30. The van der Waals surface area contributed by atoms with Crippen molar-refractivity contribution >= 4 is 17.3 Å². The van der Waals surface area contributed by atoms with Gasteiger partial charge in [0.15, 0.2) is 0 Å². The highest BCUT2D eigenvalue weighted by Gasteiger charge is 2.18. The quantitative estimate of drug-likeness (QED) is 0.907. The van der Waals surface area contributed by atoms with Gasteiger partial charge in [-0.1, -0.05) is 18.0 Å². The van der Waals surface area contributed by atoms with Crippen molar-refractivity contribution in [3.8, 4) is 5.75 Å². The van der Waals surface area contributed by atoms with E-state index in [0.717, 1.165) is 18.0 Å². The first-order valence-electron chi connectivity index (χ1n) is 6.48. The second kappa shape index (κ2) is 6.30. The van der Waals surface area contributed by atoms with Crippen LogP contribution in [0.4, 0.5) is 5.69 Å². The fraction of sp³-hybridized carbons (Fsp3) is 0.571. The van der Waals surface area contributed by atoms with Gasteiger partial charge in [0.05, 0.1) is 12.1 Å². The van der Waals surface area contributed by atoms with Crippen LogP contribution in [0, 0.1) is 0 Å². The molecule has 0 saturated carbocycles. The van der Waals surface area contributed by atoms with Crippen LogP contribution >= 0.6 is 11.6 Å². The molecule has 1 saturated heterocycles. The lowest BCUT2D eigenvalue weighted by Crippen LogP contribution is -2.40. The van der Waals surface area contributed by atoms with Crippen LogP contribution in [0.15, 0.2) is 18.2 Å². The van der Waals surface area contributed by atoms with Crippen LogP contribution in [0.25, 0.3) is 0 Å². The minimum absolute atomic E-state index is 0.625. The van der Waals surface area contributed by atoms with Crippen LogP contribution in [-0.4, -0.2) is 38.2 Å². The van der Waals surface area contributed by atoms with Gasteiger partial charge in [0.25, 0.3) is 0 Å². The molecule has 0 aromatic heterocycles. The molecule has 100 valence electrons. The molecule has 1 fully saturated rings. The Hall–Kier alpha value is -0.930. The van der Waals surface area contributed by atoms with Gasteiger partial charge in [-0.3, -0.25) is 0 Å². The molecular weight excluding hydrogens is 248 g/mol. The van der Waals surface area contributed by atoms with E-state index >= 15 is 0 Å². The molecule has 1 N–H and O–H groups in total. The van der Waals surface area contributed by atoms with Crippen LogP contribution in [-0.2, 0) is 0 Å². The normalized spacial score (nSPS) is 20.7. The Morgan fingerprint density at radius 2 is 2.28 bits per heavy atom. The molecule has 1 aromatic rings. The molecule has 1 unspecified atom stereocenters. The average Bonchev–Trinajstić information content (AvgIpc) is 2.39. The van der Waals surface area contributed by atoms with Crippen molar-refractivity contribution in [3.63, 3.8) is 0 Å². The summed E-state index contributed by atoms with van der Waals surface area (Å²) in [6.07, 6.45) is 3.93. The summed E-state index contributed by atoms with van der Waals surface area (Å²) in [5.41, 5.74) is 1.07. The number of nitrogens with zero attached hydrogens (tertiary/aromatic N) is 1. The van der Waals surface area contributed by atoms with Gasteiger partial charge < -0.3 is 15.0 Å². The van der Waals surface area contributed by atoms with Crippen LogP contribution in [0.1, 0.15) is 19.3 Å². The SMILES string of the molecule is COc1cc(NCC2CCCCN2C)ccc1Cl. The lowest BCUT2D eigenvalue weighted by molar-refractivity contribution is 0.194. The molecule has 2 rings (SSSR count). The predicted octanol–water partition coefficient (Wildman–Crippen LogP) is 3.24. The van der Waals surface area contributed by atoms with Gasteiger partial charge in [-0.2, -0.15) is 0 Å². The fourth-order valence-corrected chi connectivity index (χ4v) is 2.60. The number of anilines is 1. The molecule has 0 aliphatic carbocycles. The maximum Gasteiger partial charge on any atom is 0.139 e. The highest BCUT2D eigenvalue weighted by molar-refractivity contribution is 6.32. The van der Waals surface area contributed by atoms with Crippen molar-refractivity contribution in [1.29, 1.82) is 0 Å². The van der Waals surface area contributed by atoms with Gasteiger partial charge in [0.1, 0.15) is 5.75 Å². The maximum absolute atomic E-state index is 6.01. The van der Waals surface area contributed by atoms with E-state index in [4.69, 9.17) is 16.3 Å². The number of piperidine rings is 1. The molecule has 18 heavy (non-hydrogen) atoms. The number of halogens is 1. The number of rotatable bonds is 4. The monoisotopic (exact) mass is 268 g/mol. The third-order valence-electron chi connectivity index (χ3n) is 3.61. The van der Waals surface area contributed by atoms with Crippen LogP contribution in [0.2, 0.25) is 5.02 Å². The lowest BCUT2D eigenvalue weighted by Gasteiger charge is -2.32. The molecule has 1 aliphatic rings. The summed E-state index contributed by atoms with van der Waals surface area (Å²) in [5, 5.41) is 4.12. The number of ether oxygens (including phenoxy) is 1. The Morgan fingerprint density at radius 3 is 3.00 bits per heavy atom. The highest BCUT2D eigenvalue weighted by Crippen LogP contribution is 2.27. The number of likely N-dealkylation sites (N-methyl/N-ethyl adjacent to an activating group) is 1. The zero-order valence-electron chi connectivity index (χ0n) is 11.1. The lowest BCUT2D eigenvalue weighted by atomic mass is 10.0. The van der Waals surface area contributed by atoms with Crippen molar-refractivity contribution in [3.05, 3.63) is 23.2 Å². The predicted molar refractivity (Wildman–Crippen MR) is 76.8 cm³/mol. The summed E-state index contributed by atoms with van der Waals surface area (Å²) in [6, 6.07) is 6.44. The van der Waals surface area contributed by atoms with Gasteiger partial charge in [-0.05, 0) is 38.6 Å². The molecule has 1 heterocycles. The zero-order valence-corrected chi connectivity index (χ0v) is 11.8. The summed E-state index contributed by atoms with van der Waals surface area (Å²) in [5.74, 6) is 0.721. The molecule has 4 heteroatoms. The van der Waals surface area contributed by atoms with Crippen molar-refractivity contribution in [2.45, 2.75) is 25.3 Å². The molecule has 0 amide bonds. The fourth-order valence-electron chi connectivity index (χ4n) is 2.41. The van der Waals surface area contributed by atoms with Crippen molar-refractivity contribution < 1.29 is 4.74 Å². The van der Waals surface area contributed by atoms with Crippen molar-refractivity contribution in [1.82, 2.24) is 4.90 Å². The molecule has 1 aromatic carbocycles. The Balaban J connectivity index is 1.93. The van der Waals surface area contributed by atoms with E-state index in [1.807, 2.05) is 18.2 Å². The standard InChI is InChI=1S/C14H21ClN2O/c1-17-8-4-3-5-12(17)10-16-11-6-7-13(15)14(9-11)18-2/h6-7,9,12,16H,3-5,8,10H2,1-2H3. The van der Waals surface area contributed by atoms with Gasteiger partial charge >= 0.3 is 0 Å². The number of likely N-dealkylation sites (tertiary alicyclic amines) is 1. The Kier molecular flexibility index (Phi) is 4.72. The average molecular weight is 269 g/mol. The van der Waals surface area contributed by atoms with E-state index < -0.39 is 0 Å². The van der Waals surface area contributed by atoms with E-state index in [1.54, 1.807) is 7.11 Å². The van der Waals surface area contributed by atoms with Gasteiger partial charge in [-0.25, -0.2) is 0 Å². The van der Waals surface area contributed by atoms with E-state index in [2.05, 4.69) is 17.3 Å². The summed E-state index contributed by atoms with van der Waals surface area (Å²) in [4.78, 5) is 2.43. The molecular formula is C14H21ClN2O. The second-order valence-corrected chi connectivity index (χ2v) is 5.27. The summed E-state index contributed by atoms with van der Waals surface area (Å²) in [7, 11) is 3.84. The molecule has 1 aliphatic heterocycles. The first kappa shape index (κ1) is 13.5. The topological polar surface area (TPSA) is 24.5 Å². The third-order valence-corrected chi connectivity index (χ3v) is 3.93. The van der Waals surface area contributed by atoms with E-state index in [9.17, 15) is 0 Å². The smallest absolute Gasteiger partial charge is 0.139 e. The number of nitrogens with one attached hydrogen (secondary N) is 1. The van der Waals surface area contributed by atoms with Gasteiger partial charge in [0, 0.05) is 24.3 Å². The van der Waals surface area contributed by atoms with Crippen molar-refractivity contribution in [2.75, 3.05) is 32.6 Å². The zero-order chi connectivity index (χ0) is 13.0. The Morgan fingerprint density at radius 1 is 1.44 bits per heavy atom. The second-order valence-electron chi connectivity index (χ2n) is 4.86. The van der Waals surface area contributed by atoms with E-state index in [0.29, 0.717) is 11.1 Å². The van der Waals surface area contributed by atoms with Crippen molar-refractivity contribution in [2.24, 2.45) is 0 Å². The Labute approximate surface area is 114 Å². The first-order valence-corrected chi connectivity index (χ1v) is 6.86. The molecule has 0 radical (unpaired) electrons. The number of hydrogen-bond donors (Lipinski definition) is 1. The van der Waals surface area contributed by atoms with Crippen LogP contribution in [0.3, 0.4) is 0 Å². The first-order chi connectivity index (χ1) is 8.70. The maximum atomic E-state index is 6.01. The minimum Gasteiger partial charge on any atom is -0.495 e. The summed E-state index contributed by atoms with van der Waals surface area (Å²) >= 11 is 6.01. The largest absolute Gasteiger partial charge is 0.495 e. The number of methoxy groups -OCH3 is 1. The molecule has 0 spiro atoms. The molecule has 1 atom stereocenters. The summed E-state index contributed by atoms with van der Waals surface area (Å²) < 4.78 is 5.22. The Bertz CT molecular complexity index is 397. The number of hydrogen-bond acceptors (Lipinski definition) is 3. The van der Waals surface area contributed by atoms with Gasteiger partial charge in [-0.15, -0.1) is 0 Å². The molecule has 0 bridgehead atoms. The van der Waals surface area contributed by atoms with Gasteiger partial charge in [0.2, 0.25) is 0 Å².